The molecule has 0 bridgehead atoms. The molecule has 3 N–H and O–H groups in total. The summed E-state index contributed by atoms with van der Waals surface area (Å²) in [7, 11) is -2.71. The van der Waals surface area contributed by atoms with Gasteiger partial charge in [-0.25, -0.2) is 18.2 Å². The Morgan fingerprint density at radius 3 is 2.55 bits per heavy atom. The van der Waals surface area contributed by atoms with Gasteiger partial charge in [0.2, 0.25) is 10.0 Å². The fourth-order valence-electron chi connectivity index (χ4n) is 2.89. The number of carbonyl (C=O) groups is 1. The third-order valence-electron chi connectivity index (χ3n) is 4.52. The molecule has 1 heterocycles. The number of hydrogen-bond donors (Lipinski definition) is 2. The van der Waals surface area contributed by atoms with Crippen molar-refractivity contribution in [1.29, 1.82) is 0 Å². The van der Waals surface area contributed by atoms with E-state index in [-0.39, 0.29) is 16.2 Å². The van der Waals surface area contributed by atoms with Crippen molar-refractivity contribution in [2.45, 2.75) is 23.8 Å². The highest BCUT2D eigenvalue weighted by Gasteiger charge is 2.28. The highest BCUT2D eigenvalue weighted by molar-refractivity contribution is 7.89. The van der Waals surface area contributed by atoms with Crippen LogP contribution in [0.15, 0.2) is 47.4 Å². The number of nitrogens with one attached hydrogen (secondary N) is 1. The first kappa shape index (κ1) is 19.0. The quantitative estimate of drug-likeness (QED) is 0.623. The number of methoxy groups -OCH3 is 1. The van der Waals surface area contributed by atoms with E-state index in [1.165, 1.54) is 25.3 Å². The number of ether oxygens (including phenoxy) is 1. The molecule has 1 aliphatic carbocycles. The lowest BCUT2D eigenvalue weighted by Gasteiger charge is -2.10. The Hall–Kier alpha value is -3.31. The van der Waals surface area contributed by atoms with Gasteiger partial charge in [0.15, 0.2) is 5.82 Å². The van der Waals surface area contributed by atoms with Crippen molar-refractivity contribution < 1.29 is 17.9 Å². The van der Waals surface area contributed by atoms with Crippen molar-refractivity contribution in [3.63, 3.8) is 0 Å². The van der Waals surface area contributed by atoms with Gasteiger partial charge in [-0.15, -0.1) is 5.10 Å². The molecular formula is C18H18N6O4S. The largest absolute Gasteiger partial charge is 0.495 e. The Balaban J connectivity index is 1.54. The van der Waals surface area contributed by atoms with Gasteiger partial charge in [-0.1, -0.05) is 0 Å². The lowest BCUT2D eigenvalue weighted by Crippen LogP contribution is -2.16. The summed E-state index contributed by atoms with van der Waals surface area (Å²) in [6.07, 6.45) is 2.13. The van der Waals surface area contributed by atoms with Gasteiger partial charge in [0.25, 0.3) is 5.91 Å². The number of nitrogens with two attached hydrogens (primary N) is 1. The fourth-order valence-corrected chi connectivity index (χ4v) is 3.62. The van der Waals surface area contributed by atoms with Crippen molar-refractivity contribution in [1.82, 2.24) is 20.2 Å². The number of benzene rings is 2. The highest BCUT2D eigenvalue weighted by atomic mass is 32.2. The molecule has 1 saturated carbocycles. The molecule has 150 valence electrons. The van der Waals surface area contributed by atoms with Crippen LogP contribution in [0.3, 0.4) is 0 Å². The third kappa shape index (κ3) is 3.96. The summed E-state index contributed by atoms with van der Waals surface area (Å²) in [6, 6.07) is 11.4. The number of sulfonamides is 1. The molecule has 2 aromatic carbocycles. The van der Waals surface area contributed by atoms with Crippen molar-refractivity contribution >= 4 is 21.6 Å². The zero-order valence-corrected chi connectivity index (χ0v) is 16.3. The molecule has 4 rings (SSSR count). The number of amides is 1. The first-order valence-corrected chi connectivity index (χ1v) is 10.3. The molecule has 10 nitrogen and oxygen atoms in total. The van der Waals surface area contributed by atoms with Crippen LogP contribution < -0.4 is 15.2 Å². The minimum Gasteiger partial charge on any atom is -0.495 e. The smallest absolute Gasteiger partial charge is 0.255 e. The second-order valence-electron chi connectivity index (χ2n) is 6.62. The molecule has 0 atom stereocenters. The van der Waals surface area contributed by atoms with Gasteiger partial charge in [0.1, 0.15) is 10.6 Å². The first-order chi connectivity index (χ1) is 13.9. The molecule has 1 fully saturated rings. The molecule has 29 heavy (non-hydrogen) atoms. The van der Waals surface area contributed by atoms with Crippen LogP contribution >= 0.6 is 0 Å². The average Bonchev–Trinajstić information content (AvgIpc) is 3.44. The van der Waals surface area contributed by atoms with E-state index >= 15 is 0 Å². The number of anilines is 1. The zero-order chi connectivity index (χ0) is 20.6. The number of carbonyl (C=O) groups excluding carboxylic acids is 1. The molecule has 11 heteroatoms. The summed E-state index contributed by atoms with van der Waals surface area (Å²) < 4.78 is 30.2. The molecule has 0 unspecified atom stereocenters. The van der Waals surface area contributed by atoms with E-state index in [2.05, 4.69) is 20.8 Å². The molecule has 0 radical (unpaired) electrons. The lowest BCUT2D eigenvalue weighted by atomic mass is 10.1. The van der Waals surface area contributed by atoms with Crippen LogP contribution in [0.5, 0.6) is 5.75 Å². The van der Waals surface area contributed by atoms with Gasteiger partial charge < -0.3 is 10.1 Å². The van der Waals surface area contributed by atoms with Crippen LogP contribution in [0.1, 0.15) is 29.2 Å². The van der Waals surface area contributed by atoms with E-state index in [1.54, 1.807) is 16.8 Å². The maximum Gasteiger partial charge on any atom is 0.255 e. The normalized spacial score (nSPS) is 13.9. The predicted octanol–water partition coefficient (Wildman–Crippen LogP) is 1.58. The molecule has 3 aromatic rings. The minimum absolute atomic E-state index is 0.0711. The number of primary sulfonamides is 1. The SMILES string of the molecule is COc1ccc(C(=O)Nc2ccc(-c3nnnn3C3CC3)cc2)cc1S(N)(=O)=O. The van der Waals surface area contributed by atoms with Gasteiger partial charge in [0, 0.05) is 16.8 Å². The van der Waals surface area contributed by atoms with Gasteiger partial charge in [-0.2, -0.15) is 0 Å². The Kier molecular flexibility index (Phi) is 4.76. The summed E-state index contributed by atoms with van der Waals surface area (Å²) in [5.74, 6) is 0.272. The van der Waals surface area contributed by atoms with E-state index in [9.17, 15) is 13.2 Å². The standard InChI is InChI=1S/C18H18N6O4S/c1-28-15-9-4-12(10-16(15)29(19,26)27)18(25)20-13-5-2-11(3-6-13)17-21-22-23-24(17)14-7-8-14/h2-6,9-10,14H,7-8H2,1H3,(H,20,25)(H2,19,26,27). The van der Waals surface area contributed by atoms with Crippen LogP contribution in [0, 0.1) is 0 Å². The minimum atomic E-state index is -4.04. The summed E-state index contributed by atoms with van der Waals surface area (Å²) in [4.78, 5) is 12.3. The van der Waals surface area contributed by atoms with Crippen LogP contribution in [0.2, 0.25) is 0 Å². The van der Waals surface area contributed by atoms with E-state index < -0.39 is 15.9 Å². The van der Waals surface area contributed by atoms with E-state index in [0.717, 1.165) is 18.4 Å². The molecule has 1 amide bonds. The van der Waals surface area contributed by atoms with Crippen LogP contribution in [0.4, 0.5) is 5.69 Å². The number of tetrazole rings is 1. The Labute approximate surface area is 166 Å². The lowest BCUT2D eigenvalue weighted by molar-refractivity contribution is 0.102. The van der Waals surface area contributed by atoms with E-state index in [1.807, 2.05) is 12.1 Å². The molecule has 1 aromatic heterocycles. The molecule has 1 aliphatic rings. The Morgan fingerprint density at radius 2 is 1.93 bits per heavy atom. The van der Waals surface area contributed by atoms with Crippen LogP contribution in [-0.2, 0) is 10.0 Å². The first-order valence-electron chi connectivity index (χ1n) is 8.77. The predicted molar refractivity (Wildman–Crippen MR) is 104 cm³/mol. The monoisotopic (exact) mass is 414 g/mol. The molecule has 0 saturated heterocycles. The third-order valence-corrected chi connectivity index (χ3v) is 5.45. The van der Waals surface area contributed by atoms with Gasteiger partial charge in [0.05, 0.1) is 13.2 Å². The maximum absolute atomic E-state index is 12.5. The molecular weight excluding hydrogens is 396 g/mol. The summed E-state index contributed by atoms with van der Waals surface area (Å²) in [5.41, 5.74) is 1.51. The molecule has 0 spiro atoms. The average molecular weight is 414 g/mol. The van der Waals surface area contributed by atoms with E-state index in [4.69, 9.17) is 9.88 Å². The Bertz CT molecular complexity index is 1170. The summed E-state index contributed by atoms with van der Waals surface area (Å²) >= 11 is 0. The topological polar surface area (TPSA) is 142 Å². The molecule has 0 aliphatic heterocycles. The maximum atomic E-state index is 12.5. The second kappa shape index (κ2) is 7.26. The van der Waals surface area contributed by atoms with Crippen LogP contribution in [-0.4, -0.2) is 41.6 Å². The van der Waals surface area contributed by atoms with Crippen molar-refractivity contribution in [3.8, 4) is 17.1 Å². The van der Waals surface area contributed by atoms with Crippen LogP contribution in [0.25, 0.3) is 11.4 Å². The number of hydrogen-bond acceptors (Lipinski definition) is 7. The fraction of sp³-hybridized carbons (Fsp3) is 0.222. The number of nitrogens with zero attached hydrogens (tertiary/aromatic N) is 4. The van der Waals surface area contributed by atoms with E-state index in [0.29, 0.717) is 17.6 Å². The highest BCUT2D eigenvalue weighted by Crippen LogP contribution is 2.36. The van der Waals surface area contributed by atoms with Gasteiger partial charge in [-0.3, -0.25) is 4.79 Å². The summed E-state index contributed by atoms with van der Waals surface area (Å²) in [6.45, 7) is 0. The number of aromatic nitrogens is 4. The zero-order valence-electron chi connectivity index (χ0n) is 15.4. The van der Waals surface area contributed by atoms with Gasteiger partial charge in [-0.05, 0) is 65.7 Å². The van der Waals surface area contributed by atoms with Gasteiger partial charge >= 0.3 is 0 Å². The Morgan fingerprint density at radius 1 is 1.21 bits per heavy atom. The number of rotatable bonds is 6. The summed E-state index contributed by atoms with van der Waals surface area (Å²) in [5, 5.41) is 19.7. The van der Waals surface area contributed by atoms with Crippen molar-refractivity contribution in [2.24, 2.45) is 5.14 Å². The van der Waals surface area contributed by atoms with Crippen molar-refractivity contribution in [3.05, 3.63) is 48.0 Å². The van der Waals surface area contributed by atoms with Crippen molar-refractivity contribution in [2.75, 3.05) is 12.4 Å². The second-order valence-corrected chi connectivity index (χ2v) is 8.15.